The molecule has 2 N–H and O–H groups in total. The summed E-state index contributed by atoms with van der Waals surface area (Å²) in [7, 11) is -2.49. The molecular formula is C23H28N2O6S. The molecule has 1 saturated carbocycles. The van der Waals surface area contributed by atoms with Crippen LogP contribution < -0.4 is 14.8 Å². The molecule has 32 heavy (non-hydrogen) atoms. The summed E-state index contributed by atoms with van der Waals surface area (Å²) >= 11 is 0. The summed E-state index contributed by atoms with van der Waals surface area (Å²) in [6.45, 7) is 5.53. The van der Waals surface area contributed by atoms with Gasteiger partial charge in [0.05, 0.1) is 19.1 Å². The molecule has 0 bridgehead atoms. The van der Waals surface area contributed by atoms with Crippen LogP contribution in [-0.4, -0.2) is 40.1 Å². The number of esters is 1. The number of rotatable bonds is 9. The van der Waals surface area contributed by atoms with Crippen LogP contribution in [-0.2, 0) is 25.0 Å². The van der Waals surface area contributed by atoms with Gasteiger partial charge in [-0.15, -0.1) is 0 Å². The number of anilines is 1. The summed E-state index contributed by atoms with van der Waals surface area (Å²) in [6, 6.07) is 11.0. The van der Waals surface area contributed by atoms with E-state index in [1.807, 2.05) is 0 Å². The first-order valence-corrected chi connectivity index (χ1v) is 11.9. The first-order chi connectivity index (χ1) is 15.1. The van der Waals surface area contributed by atoms with Gasteiger partial charge in [-0.05, 0) is 69.5 Å². The molecule has 0 aromatic heterocycles. The van der Waals surface area contributed by atoms with Gasteiger partial charge in [-0.2, -0.15) is 0 Å². The van der Waals surface area contributed by atoms with Crippen molar-refractivity contribution in [1.29, 1.82) is 0 Å². The van der Waals surface area contributed by atoms with Gasteiger partial charge in [0, 0.05) is 17.3 Å². The lowest BCUT2D eigenvalue weighted by Crippen LogP contribution is -2.30. The molecule has 2 aromatic carbocycles. The lowest BCUT2D eigenvalue weighted by molar-refractivity contribution is -0.146. The van der Waals surface area contributed by atoms with Crippen LogP contribution in [0.5, 0.6) is 5.75 Å². The molecule has 0 atom stereocenters. The maximum atomic E-state index is 12.8. The summed E-state index contributed by atoms with van der Waals surface area (Å²) in [5.74, 6) is -0.542. The van der Waals surface area contributed by atoms with Crippen molar-refractivity contribution in [2.75, 3.05) is 19.0 Å². The van der Waals surface area contributed by atoms with E-state index in [4.69, 9.17) is 9.47 Å². The highest BCUT2D eigenvalue weighted by Gasteiger charge is 2.52. The normalized spacial score (nSPS) is 14.7. The van der Waals surface area contributed by atoms with E-state index in [2.05, 4.69) is 10.0 Å². The monoisotopic (exact) mass is 460 g/mol. The molecule has 0 saturated heterocycles. The average molecular weight is 461 g/mol. The Balaban J connectivity index is 1.79. The number of benzene rings is 2. The Kier molecular flexibility index (Phi) is 6.90. The Labute approximate surface area is 188 Å². The highest BCUT2D eigenvalue weighted by atomic mass is 32.2. The Bertz CT molecular complexity index is 1110. The van der Waals surface area contributed by atoms with Crippen molar-refractivity contribution in [2.45, 2.75) is 50.0 Å². The Morgan fingerprint density at radius 2 is 1.75 bits per heavy atom. The topological polar surface area (TPSA) is 111 Å². The van der Waals surface area contributed by atoms with Crippen molar-refractivity contribution in [1.82, 2.24) is 4.72 Å². The zero-order valence-electron chi connectivity index (χ0n) is 18.6. The molecule has 172 valence electrons. The third-order valence-corrected chi connectivity index (χ3v) is 6.90. The zero-order valence-corrected chi connectivity index (χ0v) is 19.4. The van der Waals surface area contributed by atoms with Gasteiger partial charge in [0.15, 0.2) is 0 Å². The minimum Gasteiger partial charge on any atom is -0.495 e. The number of methoxy groups -OCH3 is 1. The van der Waals surface area contributed by atoms with E-state index in [-0.39, 0.29) is 28.2 Å². The number of hydrogen-bond acceptors (Lipinski definition) is 6. The first kappa shape index (κ1) is 23.7. The van der Waals surface area contributed by atoms with Gasteiger partial charge in [0.25, 0.3) is 5.91 Å². The van der Waals surface area contributed by atoms with E-state index in [1.165, 1.54) is 25.3 Å². The fraction of sp³-hybridized carbons (Fsp3) is 0.391. The predicted molar refractivity (Wildman–Crippen MR) is 120 cm³/mol. The number of amides is 1. The van der Waals surface area contributed by atoms with Gasteiger partial charge in [-0.3, -0.25) is 9.59 Å². The van der Waals surface area contributed by atoms with Gasteiger partial charge in [-0.25, -0.2) is 13.1 Å². The van der Waals surface area contributed by atoms with Crippen molar-refractivity contribution in [3.63, 3.8) is 0 Å². The van der Waals surface area contributed by atoms with Crippen molar-refractivity contribution < 1.29 is 27.5 Å². The number of carbonyl (C=O) groups excluding carboxylic acids is 2. The molecule has 3 rings (SSSR count). The number of carbonyl (C=O) groups is 2. The third-order valence-electron chi connectivity index (χ3n) is 5.22. The van der Waals surface area contributed by atoms with E-state index in [9.17, 15) is 18.0 Å². The van der Waals surface area contributed by atoms with Crippen LogP contribution in [0.25, 0.3) is 0 Å². The molecule has 0 unspecified atom stereocenters. The minimum atomic E-state index is -3.86. The lowest BCUT2D eigenvalue weighted by atomic mass is 9.96. The second-order valence-electron chi connectivity index (χ2n) is 7.98. The van der Waals surface area contributed by atoms with Crippen LogP contribution in [0.15, 0.2) is 47.4 Å². The van der Waals surface area contributed by atoms with Crippen molar-refractivity contribution >= 4 is 27.6 Å². The molecule has 1 amide bonds. The number of nitrogens with one attached hydrogen (secondary N) is 2. The van der Waals surface area contributed by atoms with Crippen molar-refractivity contribution in [3.05, 3.63) is 53.6 Å². The summed E-state index contributed by atoms with van der Waals surface area (Å²) < 4.78 is 38.1. The fourth-order valence-electron chi connectivity index (χ4n) is 3.48. The van der Waals surface area contributed by atoms with Gasteiger partial charge in [-0.1, -0.05) is 12.1 Å². The van der Waals surface area contributed by atoms with E-state index < -0.39 is 21.3 Å². The molecular weight excluding hydrogens is 432 g/mol. The SMILES string of the molecule is CCOC(=O)C1(c2ccc(NC(=O)c3ccc(OC)c(S(=O)(=O)NC(C)C)c3)cc2)CC1. The summed E-state index contributed by atoms with van der Waals surface area (Å²) in [6.07, 6.45) is 1.48. The standard InChI is InChI=1S/C23H28N2O6S/c1-5-31-22(27)23(12-13-23)17-7-9-18(10-8-17)24-21(26)16-6-11-19(30-4)20(14-16)32(28,29)25-15(2)3/h6-11,14-15,25H,5,12-13H2,1-4H3,(H,24,26). The third kappa shape index (κ3) is 4.94. The van der Waals surface area contributed by atoms with Gasteiger partial charge < -0.3 is 14.8 Å². The van der Waals surface area contributed by atoms with Gasteiger partial charge >= 0.3 is 5.97 Å². The van der Waals surface area contributed by atoms with Crippen molar-refractivity contribution in [2.24, 2.45) is 0 Å². The fourth-order valence-corrected chi connectivity index (χ4v) is 4.93. The summed E-state index contributed by atoms with van der Waals surface area (Å²) in [4.78, 5) is 24.9. The molecule has 1 fully saturated rings. The maximum Gasteiger partial charge on any atom is 0.316 e. The number of sulfonamides is 1. The smallest absolute Gasteiger partial charge is 0.316 e. The summed E-state index contributed by atoms with van der Waals surface area (Å²) in [5.41, 5.74) is 0.968. The quantitative estimate of drug-likeness (QED) is 0.556. The molecule has 0 spiro atoms. The van der Waals surface area contributed by atoms with E-state index in [0.717, 1.165) is 18.4 Å². The molecule has 1 aliphatic carbocycles. The molecule has 0 radical (unpaired) electrons. The Hall–Kier alpha value is -2.91. The van der Waals surface area contributed by atoms with E-state index >= 15 is 0 Å². The second-order valence-corrected chi connectivity index (χ2v) is 9.66. The predicted octanol–water partition coefficient (Wildman–Crippen LogP) is 3.23. The van der Waals surface area contributed by atoms with Gasteiger partial charge in [0.1, 0.15) is 10.6 Å². The zero-order chi connectivity index (χ0) is 23.5. The molecule has 0 aliphatic heterocycles. The van der Waals surface area contributed by atoms with Crippen LogP contribution >= 0.6 is 0 Å². The average Bonchev–Trinajstić information content (AvgIpc) is 3.55. The molecule has 0 heterocycles. The molecule has 1 aliphatic rings. The Morgan fingerprint density at radius 1 is 1.09 bits per heavy atom. The lowest BCUT2D eigenvalue weighted by Gasteiger charge is -2.15. The highest BCUT2D eigenvalue weighted by molar-refractivity contribution is 7.89. The van der Waals surface area contributed by atoms with Crippen LogP contribution in [0, 0.1) is 0 Å². The largest absolute Gasteiger partial charge is 0.495 e. The molecule has 2 aromatic rings. The van der Waals surface area contributed by atoms with Crippen LogP contribution in [0.4, 0.5) is 5.69 Å². The summed E-state index contributed by atoms with van der Waals surface area (Å²) in [5, 5.41) is 2.76. The van der Waals surface area contributed by atoms with Crippen LogP contribution in [0.2, 0.25) is 0 Å². The Morgan fingerprint density at radius 3 is 2.28 bits per heavy atom. The van der Waals surface area contributed by atoms with Crippen LogP contribution in [0.1, 0.15) is 49.5 Å². The van der Waals surface area contributed by atoms with Crippen molar-refractivity contribution in [3.8, 4) is 5.75 Å². The first-order valence-electron chi connectivity index (χ1n) is 10.4. The number of ether oxygens (including phenoxy) is 2. The highest BCUT2D eigenvalue weighted by Crippen LogP contribution is 2.49. The van der Waals surface area contributed by atoms with E-state index in [0.29, 0.717) is 12.3 Å². The molecule has 9 heteroatoms. The van der Waals surface area contributed by atoms with Crippen LogP contribution in [0.3, 0.4) is 0 Å². The minimum absolute atomic E-state index is 0.109. The van der Waals surface area contributed by atoms with Gasteiger partial charge in [0.2, 0.25) is 10.0 Å². The molecule has 8 nitrogen and oxygen atoms in total. The second kappa shape index (κ2) is 9.30. The maximum absolute atomic E-state index is 12.8. The van der Waals surface area contributed by atoms with E-state index in [1.54, 1.807) is 45.0 Å². The number of hydrogen-bond donors (Lipinski definition) is 2.